The van der Waals surface area contributed by atoms with Gasteiger partial charge in [0.05, 0.1) is 16.3 Å². The number of hydrogen-bond donors (Lipinski definition) is 1. The molecule has 1 saturated carbocycles. The van der Waals surface area contributed by atoms with Crippen LogP contribution in [0.1, 0.15) is 46.4 Å². The number of carbonyl (C=O) groups is 1. The van der Waals surface area contributed by atoms with Gasteiger partial charge in [-0.1, -0.05) is 32.5 Å². The van der Waals surface area contributed by atoms with E-state index in [9.17, 15) is 9.18 Å². The average molecular weight is 471 g/mol. The molecule has 3 fully saturated rings. The number of benzene rings is 1. The van der Waals surface area contributed by atoms with Crippen LogP contribution >= 0.6 is 11.8 Å². The van der Waals surface area contributed by atoms with Gasteiger partial charge >= 0.3 is 0 Å². The molecule has 1 N–H and O–H groups in total. The summed E-state index contributed by atoms with van der Waals surface area (Å²) < 4.78 is 19.2. The summed E-state index contributed by atoms with van der Waals surface area (Å²) in [4.78, 5) is 25.3. The van der Waals surface area contributed by atoms with E-state index >= 15 is 0 Å². The van der Waals surface area contributed by atoms with Crippen LogP contribution in [0, 0.1) is 17.7 Å². The first-order valence-corrected chi connectivity index (χ1v) is 12.5. The first-order valence-electron chi connectivity index (χ1n) is 11.7. The van der Waals surface area contributed by atoms with Crippen molar-refractivity contribution in [3.05, 3.63) is 60.1 Å². The molecule has 33 heavy (non-hydrogen) atoms. The Bertz CT molecular complexity index is 995. The number of fused-ring (bicyclic) bond motifs is 2. The second-order valence-corrected chi connectivity index (χ2v) is 9.82. The normalized spacial score (nSPS) is 27.8. The number of carbonyl (C=O) groups excluding carboxylic acids is 1. The zero-order valence-electron chi connectivity index (χ0n) is 19.5. The van der Waals surface area contributed by atoms with Gasteiger partial charge in [0.2, 0.25) is 0 Å². The molecule has 2 unspecified atom stereocenters. The first-order chi connectivity index (χ1) is 16.0. The number of hydrogen-bond acceptors (Lipinski definition) is 6. The Morgan fingerprint density at radius 3 is 2.52 bits per heavy atom. The van der Waals surface area contributed by atoms with Crippen LogP contribution in [0.4, 0.5) is 4.39 Å². The molecule has 1 aliphatic carbocycles. The van der Waals surface area contributed by atoms with Crippen LogP contribution in [0.3, 0.4) is 0 Å². The molecule has 6 rings (SSSR count). The molecule has 0 spiro atoms. The van der Waals surface area contributed by atoms with Crippen molar-refractivity contribution in [3.63, 3.8) is 0 Å². The van der Waals surface area contributed by atoms with Crippen LogP contribution in [0.25, 0.3) is 4.91 Å². The van der Waals surface area contributed by atoms with Crippen molar-refractivity contribution in [2.75, 3.05) is 6.61 Å². The molecule has 1 aromatic heterocycles. The average Bonchev–Trinajstić information content (AvgIpc) is 3.21. The van der Waals surface area contributed by atoms with E-state index < -0.39 is 0 Å². The number of amides is 1. The Morgan fingerprint density at radius 2 is 1.85 bits per heavy atom. The summed E-state index contributed by atoms with van der Waals surface area (Å²) in [6.07, 6.45) is 5.46. The predicted octanol–water partition coefficient (Wildman–Crippen LogP) is 4.70. The van der Waals surface area contributed by atoms with Gasteiger partial charge in [-0.05, 0) is 61.9 Å². The molecule has 0 radical (unpaired) electrons. The van der Waals surface area contributed by atoms with Crippen LogP contribution in [0.15, 0.2) is 48.4 Å². The highest BCUT2D eigenvalue weighted by Crippen LogP contribution is 2.48. The fourth-order valence-corrected chi connectivity index (χ4v) is 5.79. The van der Waals surface area contributed by atoms with Crippen molar-refractivity contribution in [3.8, 4) is 5.75 Å². The van der Waals surface area contributed by atoms with E-state index in [0.29, 0.717) is 35.7 Å². The van der Waals surface area contributed by atoms with Crippen LogP contribution < -0.4 is 10.1 Å². The summed E-state index contributed by atoms with van der Waals surface area (Å²) in [5.74, 6) is 1.83. The lowest BCUT2D eigenvalue weighted by atomic mass is 9.64. The van der Waals surface area contributed by atoms with Gasteiger partial charge in [0.1, 0.15) is 23.9 Å². The van der Waals surface area contributed by atoms with Gasteiger partial charge in [-0.2, -0.15) is 0 Å². The zero-order valence-corrected chi connectivity index (χ0v) is 20.3. The van der Waals surface area contributed by atoms with Crippen LogP contribution in [0.5, 0.6) is 5.75 Å². The summed E-state index contributed by atoms with van der Waals surface area (Å²) >= 11 is 1.58. The third kappa shape index (κ3) is 4.71. The van der Waals surface area contributed by atoms with E-state index in [1.54, 1.807) is 42.4 Å². The smallest absolute Gasteiger partial charge is 0.271 e. The van der Waals surface area contributed by atoms with Gasteiger partial charge < -0.3 is 15.0 Å². The zero-order chi connectivity index (χ0) is 23.5. The van der Waals surface area contributed by atoms with E-state index in [1.807, 2.05) is 25.7 Å². The lowest BCUT2D eigenvalue weighted by molar-refractivity contribution is -0.151. The summed E-state index contributed by atoms with van der Waals surface area (Å²) in [5, 5.41) is 3.41. The topological polar surface area (TPSA) is 67.4 Å². The lowest BCUT2D eigenvalue weighted by Gasteiger charge is -2.57. The SMILES string of the molecule is CC.CC1NC(C(=O)N2C3CC(C3)[C@H](C)C2COc2ccc(F)cc2)=C(c2ncccn2)S1. The molecular formula is C25H31FN4O2S. The maximum Gasteiger partial charge on any atom is 0.271 e. The van der Waals surface area contributed by atoms with E-state index in [0.717, 1.165) is 17.7 Å². The van der Waals surface area contributed by atoms with Crippen LogP contribution in [0.2, 0.25) is 0 Å². The molecule has 8 heteroatoms. The minimum absolute atomic E-state index is 0.0120. The molecule has 3 aliphatic heterocycles. The number of aromatic nitrogens is 2. The van der Waals surface area contributed by atoms with Gasteiger partial charge in [-0.25, -0.2) is 14.4 Å². The van der Waals surface area contributed by atoms with Gasteiger partial charge in [0.15, 0.2) is 5.82 Å². The van der Waals surface area contributed by atoms with Crippen molar-refractivity contribution in [2.24, 2.45) is 11.8 Å². The second-order valence-electron chi connectivity index (χ2n) is 8.47. The Hall–Kier alpha value is -2.61. The molecular weight excluding hydrogens is 439 g/mol. The summed E-state index contributed by atoms with van der Waals surface area (Å²) in [6.45, 7) is 8.62. The van der Waals surface area contributed by atoms with Crippen molar-refractivity contribution in [2.45, 2.75) is 58.0 Å². The monoisotopic (exact) mass is 470 g/mol. The number of rotatable bonds is 5. The third-order valence-electron chi connectivity index (χ3n) is 6.57. The molecule has 2 aromatic rings. The Kier molecular flexibility index (Phi) is 7.22. The maximum absolute atomic E-state index is 13.8. The molecule has 176 valence electrons. The minimum atomic E-state index is -0.294. The van der Waals surface area contributed by atoms with Gasteiger partial charge in [0, 0.05) is 18.4 Å². The molecule has 6 nitrogen and oxygen atoms in total. The van der Waals surface area contributed by atoms with E-state index in [4.69, 9.17) is 4.74 Å². The molecule has 1 aromatic carbocycles. The van der Waals surface area contributed by atoms with E-state index in [1.165, 1.54) is 12.1 Å². The van der Waals surface area contributed by atoms with E-state index in [2.05, 4.69) is 22.2 Å². The molecule has 1 amide bonds. The van der Waals surface area contributed by atoms with Crippen molar-refractivity contribution >= 4 is 22.6 Å². The van der Waals surface area contributed by atoms with Crippen molar-refractivity contribution in [1.29, 1.82) is 0 Å². The van der Waals surface area contributed by atoms with Crippen molar-refractivity contribution < 1.29 is 13.9 Å². The second kappa shape index (κ2) is 10.1. The number of thioether (sulfide) groups is 1. The number of halogens is 1. The molecule has 4 heterocycles. The summed E-state index contributed by atoms with van der Waals surface area (Å²) in [5.41, 5.74) is 0.577. The highest BCUT2D eigenvalue weighted by molar-refractivity contribution is 8.09. The maximum atomic E-state index is 13.8. The predicted molar refractivity (Wildman–Crippen MR) is 129 cm³/mol. The largest absolute Gasteiger partial charge is 0.491 e. The summed E-state index contributed by atoms with van der Waals surface area (Å²) in [6, 6.07) is 7.98. The number of nitrogens with zero attached hydrogens (tertiary/aromatic N) is 3. The first kappa shape index (κ1) is 23.5. The number of ether oxygens (including phenoxy) is 1. The van der Waals surface area contributed by atoms with Crippen LogP contribution in [-0.4, -0.2) is 44.8 Å². The standard InChI is InChI=1S/C23H25FN4O2S.C2H6/c1-13-15-10-17(11-15)28(19(13)12-30-18-6-4-16(24)5-7-18)23(29)20-21(31-14(2)27-20)22-25-8-3-9-26-22;1-2/h3-9,13-15,17,19,27H,10-12H2,1-2H3;1-2H3/t13-,14?,15?,17?,19?;/m0./s1. The molecule has 3 atom stereocenters. The van der Waals surface area contributed by atoms with Gasteiger partial charge in [-0.15, -0.1) is 0 Å². The fourth-order valence-electron chi connectivity index (χ4n) is 4.79. The van der Waals surface area contributed by atoms with Crippen molar-refractivity contribution in [1.82, 2.24) is 20.2 Å². The Morgan fingerprint density at radius 1 is 1.18 bits per heavy atom. The van der Waals surface area contributed by atoms with Crippen LogP contribution in [-0.2, 0) is 4.79 Å². The lowest BCUT2D eigenvalue weighted by Crippen LogP contribution is -2.65. The Balaban J connectivity index is 0.00000126. The number of nitrogens with one attached hydrogen (secondary N) is 1. The van der Waals surface area contributed by atoms with Gasteiger partial charge in [0.25, 0.3) is 5.91 Å². The van der Waals surface area contributed by atoms with Gasteiger partial charge in [-0.3, -0.25) is 4.79 Å². The third-order valence-corrected chi connectivity index (χ3v) is 7.67. The summed E-state index contributed by atoms with van der Waals surface area (Å²) in [7, 11) is 0. The minimum Gasteiger partial charge on any atom is -0.491 e. The molecule has 2 bridgehead atoms. The highest BCUT2D eigenvalue weighted by Gasteiger charge is 2.52. The quantitative estimate of drug-likeness (QED) is 0.683. The fraction of sp³-hybridized carbons (Fsp3) is 0.480. The molecule has 4 aliphatic rings. The highest BCUT2D eigenvalue weighted by atomic mass is 32.2. The molecule has 2 saturated heterocycles. The van der Waals surface area contributed by atoms with E-state index in [-0.39, 0.29) is 29.2 Å². The number of piperidine rings is 2. The Labute approximate surface area is 199 Å².